The number of imidazole rings is 2. The smallest absolute Gasteiger partial charge is 0.248 e. The maximum absolute atomic E-state index is 13.8. The maximum Gasteiger partial charge on any atom is 0.248 e. The third-order valence-electron chi connectivity index (χ3n) is 10.6. The van der Waals surface area contributed by atoms with Crippen molar-refractivity contribution < 1.29 is 9.59 Å². The monoisotopic (exact) mass is 733 g/mol. The van der Waals surface area contributed by atoms with Gasteiger partial charge in [-0.1, -0.05) is 88.0 Å². The molecule has 2 saturated heterocycles. The van der Waals surface area contributed by atoms with Gasteiger partial charge in [0.1, 0.15) is 23.7 Å². The standard InChI is InChI=1S/C41H51N9O2S/c1-6-42-35(25(2)3)39(51)49-20-7-9-33(49)37-44-23-31(46-37)29-15-11-27(12-16-29)28-13-17-30(18-14-28)32-24-45-38(47-32)34-10-8-21-50(34)40(52)36(26(4)5)48-41-43-19-22-53-41/h6,11-18,23-26,33-36H,7-10,19-22H2,1-5H3,(H,43,48)(H,44,46)(H,45,47)/t33-,34-,35-,36-/m0/s1. The molecular weight excluding hydrogens is 683 g/mol. The molecule has 0 spiro atoms. The van der Waals surface area contributed by atoms with Gasteiger partial charge < -0.3 is 25.1 Å². The molecule has 4 aromatic rings. The Morgan fingerprint density at radius 1 is 0.792 bits per heavy atom. The van der Waals surface area contributed by atoms with E-state index in [9.17, 15) is 9.59 Å². The van der Waals surface area contributed by atoms with Crippen LogP contribution in [0.25, 0.3) is 33.6 Å². The van der Waals surface area contributed by atoms with E-state index in [2.05, 4.69) is 87.6 Å². The number of carbonyl (C=O) groups excluding carboxylic acids is 2. The van der Waals surface area contributed by atoms with E-state index in [-0.39, 0.29) is 47.8 Å². The minimum Gasteiger partial charge on any atom is -0.353 e. The minimum absolute atomic E-state index is 0.0659. The number of rotatable bonds is 11. The number of hydrogen-bond acceptors (Lipinski definition) is 8. The first-order valence-electron chi connectivity index (χ1n) is 19.1. The van der Waals surface area contributed by atoms with Gasteiger partial charge in [0.25, 0.3) is 0 Å². The first kappa shape index (κ1) is 36.6. The highest BCUT2D eigenvalue weighted by atomic mass is 32.2. The normalized spacial score (nSPS) is 20.2. The summed E-state index contributed by atoms with van der Waals surface area (Å²) in [6.45, 7) is 12.4. The summed E-state index contributed by atoms with van der Waals surface area (Å²) < 4.78 is 0. The van der Waals surface area contributed by atoms with Crippen molar-refractivity contribution >= 4 is 35.0 Å². The lowest BCUT2D eigenvalue weighted by molar-refractivity contribution is -0.135. The molecule has 0 unspecified atom stereocenters. The Morgan fingerprint density at radius 3 is 1.75 bits per heavy atom. The number of thioether (sulfide) groups is 1. The number of amides is 2. The van der Waals surface area contributed by atoms with Crippen LogP contribution in [-0.4, -0.2) is 90.4 Å². The predicted octanol–water partition coefficient (Wildman–Crippen LogP) is 7.29. The molecule has 3 aliphatic heterocycles. The summed E-state index contributed by atoms with van der Waals surface area (Å²) in [5.74, 6) is 3.09. The molecule has 2 amide bonds. The van der Waals surface area contributed by atoms with Crippen molar-refractivity contribution in [2.24, 2.45) is 21.8 Å². The molecule has 11 nitrogen and oxygen atoms in total. The second-order valence-corrected chi connectivity index (χ2v) is 16.0. The van der Waals surface area contributed by atoms with E-state index >= 15 is 0 Å². The van der Waals surface area contributed by atoms with E-state index in [1.165, 1.54) is 0 Å². The number of hydrogen-bond donors (Lipinski definition) is 3. The summed E-state index contributed by atoms with van der Waals surface area (Å²) in [5, 5.41) is 4.30. The molecule has 53 heavy (non-hydrogen) atoms. The zero-order chi connectivity index (χ0) is 37.1. The Balaban J connectivity index is 1.00. The Kier molecular flexibility index (Phi) is 11.1. The van der Waals surface area contributed by atoms with E-state index in [1.54, 1.807) is 18.0 Å². The summed E-state index contributed by atoms with van der Waals surface area (Å²) in [5.41, 5.74) is 6.19. The van der Waals surface area contributed by atoms with Crippen molar-refractivity contribution in [2.45, 2.75) is 84.5 Å². The Bertz CT molecular complexity index is 1950. The lowest BCUT2D eigenvalue weighted by Gasteiger charge is -2.30. The van der Waals surface area contributed by atoms with Crippen LogP contribution in [0.5, 0.6) is 0 Å². The summed E-state index contributed by atoms with van der Waals surface area (Å²) in [6, 6.07) is 16.2. The van der Waals surface area contributed by atoms with Gasteiger partial charge >= 0.3 is 0 Å². The van der Waals surface area contributed by atoms with Crippen LogP contribution in [0.3, 0.4) is 0 Å². The number of nitrogens with one attached hydrogen (secondary N) is 3. The van der Waals surface area contributed by atoms with Crippen molar-refractivity contribution in [1.82, 2.24) is 35.1 Å². The molecule has 2 aromatic heterocycles. The zero-order valence-electron chi connectivity index (χ0n) is 31.4. The SMILES string of the molecule is CC=N[C@H](C(=O)N1CCC[C@H]1c1ncc(-c2ccc(-c3ccc(-c4cnc([C@@H]5CCCN5C(=O)[C@@H](NC5=NCCS5)C(C)C)[nH]4)cc3)cc2)[nH]1)C(C)C. The van der Waals surface area contributed by atoms with Gasteiger partial charge in [0.05, 0.1) is 42.4 Å². The lowest BCUT2D eigenvalue weighted by Crippen LogP contribution is -2.50. The molecule has 2 aromatic carbocycles. The van der Waals surface area contributed by atoms with E-state index in [4.69, 9.17) is 9.97 Å². The van der Waals surface area contributed by atoms with Crippen molar-refractivity contribution in [1.29, 1.82) is 0 Å². The second-order valence-electron chi connectivity index (χ2n) is 14.9. The van der Waals surface area contributed by atoms with E-state index in [0.717, 1.165) is 102 Å². The molecule has 2 fully saturated rings. The van der Waals surface area contributed by atoms with Crippen molar-refractivity contribution in [2.75, 3.05) is 25.4 Å². The molecule has 12 heteroatoms. The number of amidine groups is 1. The summed E-state index contributed by atoms with van der Waals surface area (Å²) >= 11 is 1.69. The fourth-order valence-corrected chi connectivity index (χ4v) is 8.49. The average Bonchev–Trinajstić information content (AvgIpc) is 4.01. The molecule has 7 rings (SSSR count). The number of nitrogens with zero attached hydrogens (tertiary/aromatic N) is 6. The fourth-order valence-electron chi connectivity index (χ4n) is 7.72. The molecule has 0 bridgehead atoms. The molecule has 0 aliphatic carbocycles. The molecule has 4 atom stereocenters. The van der Waals surface area contributed by atoms with Gasteiger partial charge in [-0.2, -0.15) is 0 Å². The van der Waals surface area contributed by atoms with Crippen LogP contribution in [0, 0.1) is 11.8 Å². The van der Waals surface area contributed by atoms with Gasteiger partial charge in [-0.15, -0.1) is 0 Å². The summed E-state index contributed by atoms with van der Waals surface area (Å²) in [4.78, 5) is 56.7. The van der Waals surface area contributed by atoms with Crippen LogP contribution < -0.4 is 5.32 Å². The second kappa shape index (κ2) is 16.1. The number of aromatic amines is 2. The number of H-pyrrole nitrogens is 2. The van der Waals surface area contributed by atoms with E-state index in [1.807, 2.05) is 43.0 Å². The molecule has 278 valence electrons. The Labute approximate surface area is 316 Å². The highest BCUT2D eigenvalue weighted by Crippen LogP contribution is 2.35. The van der Waals surface area contributed by atoms with Gasteiger partial charge in [-0.25, -0.2) is 9.97 Å². The molecule has 0 radical (unpaired) electrons. The molecule has 3 aliphatic rings. The number of aliphatic imine (C=N–C) groups is 2. The summed E-state index contributed by atoms with van der Waals surface area (Å²) in [6.07, 6.45) is 9.16. The average molecular weight is 734 g/mol. The topological polar surface area (TPSA) is 135 Å². The molecule has 3 N–H and O–H groups in total. The highest BCUT2D eigenvalue weighted by Gasteiger charge is 2.38. The quantitative estimate of drug-likeness (QED) is 0.139. The molecule has 5 heterocycles. The third-order valence-corrected chi connectivity index (χ3v) is 11.5. The molecular formula is C41H51N9O2S. The first-order chi connectivity index (χ1) is 25.7. The van der Waals surface area contributed by atoms with Gasteiger partial charge in [-0.05, 0) is 72.9 Å². The van der Waals surface area contributed by atoms with Gasteiger partial charge in [0, 0.05) is 18.8 Å². The van der Waals surface area contributed by atoms with Crippen molar-refractivity contribution in [3.63, 3.8) is 0 Å². The van der Waals surface area contributed by atoms with Crippen LogP contribution in [0.15, 0.2) is 70.9 Å². The van der Waals surface area contributed by atoms with Gasteiger partial charge in [0.2, 0.25) is 11.8 Å². The van der Waals surface area contributed by atoms with Crippen molar-refractivity contribution in [3.8, 4) is 33.6 Å². The largest absolute Gasteiger partial charge is 0.353 e. The van der Waals surface area contributed by atoms with Crippen LogP contribution in [0.2, 0.25) is 0 Å². The first-order valence-corrected chi connectivity index (χ1v) is 20.0. The fraction of sp³-hybridized carbons (Fsp3) is 0.463. The predicted molar refractivity (Wildman–Crippen MR) is 214 cm³/mol. The minimum atomic E-state index is -0.365. The van der Waals surface area contributed by atoms with Crippen LogP contribution in [0.4, 0.5) is 0 Å². The zero-order valence-corrected chi connectivity index (χ0v) is 32.2. The number of aromatic nitrogens is 4. The maximum atomic E-state index is 13.8. The van der Waals surface area contributed by atoms with Crippen LogP contribution in [-0.2, 0) is 9.59 Å². The molecule has 0 saturated carbocycles. The lowest BCUT2D eigenvalue weighted by atomic mass is 10.0. The van der Waals surface area contributed by atoms with Crippen molar-refractivity contribution in [3.05, 3.63) is 72.6 Å². The Morgan fingerprint density at radius 2 is 1.30 bits per heavy atom. The van der Waals surface area contributed by atoms with Gasteiger partial charge in [-0.3, -0.25) is 19.6 Å². The third kappa shape index (κ3) is 7.83. The van der Waals surface area contributed by atoms with Crippen LogP contribution in [0.1, 0.15) is 84.0 Å². The number of carbonyl (C=O) groups is 2. The van der Waals surface area contributed by atoms with Gasteiger partial charge in [0.15, 0.2) is 5.17 Å². The summed E-state index contributed by atoms with van der Waals surface area (Å²) in [7, 11) is 0. The highest BCUT2D eigenvalue weighted by molar-refractivity contribution is 8.14. The Hall–Kier alpha value is -4.71. The van der Waals surface area contributed by atoms with E-state index in [0.29, 0.717) is 0 Å². The number of likely N-dealkylation sites (tertiary alicyclic amines) is 2. The van der Waals surface area contributed by atoms with E-state index < -0.39 is 0 Å². The van der Waals surface area contributed by atoms with Crippen LogP contribution >= 0.6 is 11.8 Å². The number of benzene rings is 2.